The number of benzene rings is 2. The fourth-order valence-electron chi connectivity index (χ4n) is 3.73. The maximum atomic E-state index is 13.2. The van der Waals surface area contributed by atoms with Crippen molar-refractivity contribution < 1.29 is 14.3 Å². The van der Waals surface area contributed by atoms with E-state index in [0.717, 1.165) is 15.6 Å². The molecular weight excluding hydrogens is 346 g/mol. The summed E-state index contributed by atoms with van der Waals surface area (Å²) < 4.78 is 4.99. The lowest BCUT2D eigenvalue weighted by Gasteiger charge is -2.17. The molecule has 1 amide bonds. The van der Waals surface area contributed by atoms with Crippen LogP contribution in [0.4, 0.5) is 0 Å². The van der Waals surface area contributed by atoms with E-state index in [2.05, 4.69) is 0 Å². The summed E-state index contributed by atoms with van der Waals surface area (Å²) in [5.41, 5.74) is 0.679. The van der Waals surface area contributed by atoms with Crippen molar-refractivity contribution in [3.05, 3.63) is 70.4 Å². The summed E-state index contributed by atoms with van der Waals surface area (Å²) in [6.07, 6.45) is 0. The van der Waals surface area contributed by atoms with Crippen molar-refractivity contribution in [3.63, 3.8) is 0 Å². The van der Waals surface area contributed by atoms with Gasteiger partial charge in [-0.15, -0.1) is 11.3 Å². The van der Waals surface area contributed by atoms with Crippen LogP contribution in [0.1, 0.15) is 21.2 Å². The number of likely N-dealkylation sites (tertiary alicyclic amines) is 1. The second kappa shape index (κ2) is 6.92. The van der Waals surface area contributed by atoms with Crippen molar-refractivity contribution in [3.8, 4) is 0 Å². The zero-order valence-electron chi connectivity index (χ0n) is 14.4. The van der Waals surface area contributed by atoms with Crippen molar-refractivity contribution >= 4 is 34.0 Å². The largest absolute Gasteiger partial charge is 0.469 e. The van der Waals surface area contributed by atoms with Gasteiger partial charge in [0.2, 0.25) is 0 Å². The minimum Gasteiger partial charge on any atom is -0.469 e. The smallest absolute Gasteiger partial charge is 0.311 e. The van der Waals surface area contributed by atoms with Gasteiger partial charge in [0.05, 0.1) is 13.0 Å². The molecule has 2 atom stereocenters. The van der Waals surface area contributed by atoms with Crippen molar-refractivity contribution in [1.29, 1.82) is 0 Å². The van der Waals surface area contributed by atoms with Crippen molar-refractivity contribution in [2.45, 2.75) is 5.92 Å². The molecule has 0 bridgehead atoms. The second-order valence-electron chi connectivity index (χ2n) is 6.49. The Morgan fingerprint density at radius 1 is 1.04 bits per heavy atom. The molecule has 0 aliphatic carbocycles. The van der Waals surface area contributed by atoms with E-state index >= 15 is 0 Å². The molecule has 132 valence electrons. The summed E-state index contributed by atoms with van der Waals surface area (Å²) in [6, 6.07) is 17.6. The summed E-state index contributed by atoms with van der Waals surface area (Å²) in [7, 11) is 1.41. The second-order valence-corrected chi connectivity index (χ2v) is 7.47. The van der Waals surface area contributed by atoms with Gasteiger partial charge in [0.15, 0.2) is 0 Å². The van der Waals surface area contributed by atoms with E-state index < -0.39 is 0 Å². The van der Waals surface area contributed by atoms with Crippen molar-refractivity contribution in [2.24, 2.45) is 5.92 Å². The van der Waals surface area contributed by atoms with Crippen LogP contribution in [-0.4, -0.2) is 37.0 Å². The van der Waals surface area contributed by atoms with E-state index in [-0.39, 0.29) is 23.7 Å². The normalized spacial score (nSPS) is 19.7. The van der Waals surface area contributed by atoms with Gasteiger partial charge < -0.3 is 9.64 Å². The van der Waals surface area contributed by atoms with Crippen LogP contribution in [0.15, 0.2) is 60.0 Å². The first-order chi connectivity index (χ1) is 12.7. The zero-order chi connectivity index (χ0) is 18.1. The van der Waals surface area contributed by atoms with Crippen molar-refractivity contribution in [1.82, 2.24) is 4.90 Å². The van der Waals surface area contributed by atoms with Crippen LogP contribution < -0.4 is 0 Å². The Kier molecular flexibility index (Phi) is 4.47. The fraction of sp³-hybridized carbons (Fsp3) is 0.238. The van der Waals surface area contributed by atoms with Crippen LogP contribution in [-0.2, 0) is 9.53 Å². The van der Waals surface area contributed by atoms with Gasteiger partial charge in [-0.2, -0.15) is 0 Å². The third-order valence-electron chi connectivity index (χ3n) is 5.04. The molecule has 1 fully saturated rings. The number of thiophene rings is 1. The first kappa shape index (κ1) is 16.8. The van der Waals surface area contributed by atoms with Gasteiger partial charge in [0.25, 0.3) is 5.91 Å². The molecule has 2 unspecified atom stereocenters. The lowest BCUT2D eigenvalue weighted by molar-refractivity contribution is -0.145. The number of ether oxygens (including phenoxy) is 1. The zero-order valence-corrected chi connectivity index (χ0v) is 15.2. The van der Waals surface area contributed by atoms with Crippen LogP contribution >= 0.6 is 11.3 Å². The van der Waals surface area contributed by atoms with E-state index in [1.165, 1.54) is 7.11 Å². The Balaban J connectivity index is 1.67. The summed E-state index contributed by atoms with van der Waals surface area (Å²) in [4.78, 5) is 28.4. The van der Waals surface area contributed by atoms with Gasteiger partial charge in [0.1, 0.15) is 0 Å². The number of nitrogens with zero attached hydrogens (tertiary/aromatic N) is 1. The molecular formula is C21H19NO3S. The maximum Gasteiger partial charge on any atom is 0.311 e. The number of fused-ring (bicyclic) bond motifs is 1. The van der Waals surface area contributed by atoms with E-state index in [9.17, 15) is 9.59 Å². The highest BCUT2D eigenvalue weighted by molar-refractivity contribution is 7.10. The number of carbonyl (C=O) groups is 2. The van der Waals surface area contributed by atoms with Gasteiger partial charge in [-0.25, -0.2) is 0 Å². The average Bonchev–Trinajstić information content (AvgIpc) is 3.36. The van der Waals surface area contributed by atoms with Gasteiger partial charge in [-0.1, -0.05) is 42.5 Å². The SMILES string of the molecule is COC(=O)C1CN(C(=O)c2cccc3ccccc23)CC1c1cccs1. The third-order valence-corrected chi connectivity index (χ3v) is 6.04. The number of rotatable bonds is 3. The lowest BCUT2D eigenvalue weighted by Crippen LogP contribution is -2.30. The predicted molar refractivity (Wildman–Crippen MR) is 102 cm³/mol. The van der Waals surface area contributed by atoms with Gasteiger partial charge in [0, 0.05) is 29.4 Å². The Labute approximate surface area is 156 Å². The number of hydrogen-bond acceptors (Lipinski definition) is 4. The first-order valence-electron chi connectivity index (χ1n) is 8.57. The molecule has 2 heterocycles. The van der Waals surface area contributed by atoms with Gasteiger partial charge in [-0.05, 0) is 28.3 Å². The topological polar surface area (TPSA) is 46.6 Å². The lowest BCUT2D eigenvalue weighted by atomic mass is 9.95. The standard InChI is InChI=1S/C21H19NO3S/c1-25-21(24)18-13-22(12-17(18)19-10-5-11-26-19)20(23)16-9-4-7-14-6-2-3-8-15(14)16/h2-11,17-18H,12-13H2,1H3. The molecule has 3 aromatic rings. The highest BCUT2D eigenvalue weighted by Crippen LogP contribution is 2.37. The molecule has 26 heavy (non-hydrogen) atoms. The Hall–Kier alpha value is -2.66. The number of esters is 1. The van der Waals surface area contributed by atoms with Crippen LogP contribution in [0.2, 0.25) is 0 Å². The molecule has 1 saturated heterocycles. The van der Waals surface area contributed by atoms with Crippen LogP contribution in [0.5, 0.6) is 0 Å². The minimum absolute atomic E-state index is 0.0126. The third kappa shape index (κ3) is 2.88. The minimum atomic E-state index is -0.322. The molecule has 1 aliphatic rings. The monoisotopic (exact) mass is 365 g/mol. The average molecular weight is 365 g/mol. The molecule has 4 rings (SSSR count). The van der Waals surface area contributed by atoms with Crippen LogP contribution in [0.25, 0.3) is 10.8 Å². The van der Waals surface area contributed by atoms with Crippen LogP contribution in [0, 0.1) is 5.92 Å². The molecule has 0 radical (unpaired) electrons. The number of methoxy groups -OCH3 is 1. The van der Waals surface area contributed by atoms with Crippen LogP contribution in [0.3, 0.4) is 0 Å². The predicted octanol–water partition coefficient (Wildman–Crippen LogP) is 3.93. The Bertz CT molecular complexity index is 946. The number of hydrogen-bond donors (Lipinski definition) is 0. The molecule has 0 saturated carbocycles. The van der Waals surface area contributed by atoms with E-state index in [1.54, 1.807) is 16.2 Å². The Morgan fingerprint density at radius 2 is 1.85 bits per heavy atom. The molecule has 0 spiro atoms. The van der Waals surface area contributed by atoms with Crippen molar-refractivity contribution in [2.75, 3.05) is 20.2 Å². The summed E-state index contributed by atoms with van der Waals surface area (Å²) in [5.74, 6) is -0.620. The molecule has 1 aliphatic heterocycles. The Morgan fingerprint density at radius 3 is 2.62 bits per heavy atom. The summed E-state index contributed by atoms with van der Waals surface area (Å²) in [5, 5.41) is 3.98. The van der Waals surface area contributed by atoms with Gasteiger partial charge >= 0.3 is 5.97 Å². The summed E-state index contributed by atoms with van der Waals surface area (Å²) >= 11 is 1.62. The van der Waals surface area contributed by atoms with E-state index in [0.29, 0.717) is 18.7 Å². The molecule has 5 heteroatoms. The molecule has 0 N–H and O–H groups in total. The maximum absolute atomic E-state index is 13.2. The summed E-state index contributed by atoms with van der Waals surface area (Å²) in [6.45, 7) is 0.916. The quantitative estimate of drug-likeness (QED) is 0.661. The van der Waals surface area contributed by atoms with Gasteiger partial charge in [-0.3, -0.25) is 9.59 Å². The molecule has 1 aromatic heterocycles. The molecule has 2 aromatic carbocycles. The highest BCUT2D eigenvalue weighted by Gasteiger charge is 2.41. The van der Waals surface area contributed by atoms with E-state index in [4.69, 9.17) is 4.74 Å². The fourth-order valence-corrected chi connectivity index (χ4v) is 4.62. The first-order valence-corrected chi connectivity index (χ1v) is 9.45. The number of carbonyl (C=O) groups excluding carboxylic acids is 2. The van der Waals surface area contributed by atoms with E-state index in [1.807, 2.05) is 60.0 Å². The molecule has 4 nitrogen and oxygen atoms in total. The highest BCUT2D eigenvalue weighted by atomic mass is 32.1. The number of amides is 1.